The average molecular weight is 851 g/mol. The van der Waals surface area contributed by atoms with Crippen LogP contribution < -0.4 is 62.2 Å². The van der Waals surface area contributed by atoms with Gasteiger partial charge in [0.25, 0.3) is 0 Å². The maximum atomic E-state index is 2.54. The van der Waals surface area contributed by atoms with Crippen LogP contribution >= 0.6 is 0 Å². The minimum Gasteiger partial charge on any atom is -0.0624 e. The lowest BCUT2D eigenvalue weighted by atomic mass is 10.1. The van der Waals surface area contributed by atoms with Crippen molar-refractivity contribution in [2.75, 3.05) is 0 Å². The molecule has 298 valence electrons. The van der Waals surface area contributed by atoms with Crippen molar-refractivity contribution in [2.24, 2.45) is 0 Å². The summed E-state index contributed by atoms with van der Waals surface area (Å²) in [4.78, 5) is 0. The highest BCUT2D eigenvalue weighted by Crippen LogP contribution is 2.25. The molecule has 0 unspecified atom stereocenters. The number of hydrogen-bond acceptors (Lipinski definition) is 0. The van der Waals surface area contributed by atoms with Gasteiger partial charge in [0.2, 0.25) is 0 Å². The predicted molar refractivity (Wildman–Crippen MR) is 276 cm³/mol. The second kappa shape index (κ2) is 16.3. The predicted octanol–water partition coefficient (Wildman–Crippen LogP) is 5.80. The molecule has 3 heteroatoms. The van der Waals surface area contributed by atoms with Crippen LogP contribution in [0.2, 0.25) is 0 Å². The maximum absolute atomic E-state index is 3.32. The van der Waals surface area contributed by atoms with Gasteiger partial charge in [-0.1, -0.05) is 279 Å². The van der Waals surface area contributed by atoms with Crippen LogP contribution in [0, 0.1) is 0 Å². The fourth-order valence-corrected chi connectivity index (χ4v) is 28.6. The first-order chi connectivity index (χ1) is 31.3. The molecule has 0 N–H and O–H groups in total. The molecule has 1 heterocycles. The first kappa shape index (κ1) is 38.7. The molecule has 0 aromatic heterocycles. The molecule has 0 bridgehead atoms. The molecule has 0 nitrogen and oxygen atoms in total. The van der Waals surface area contributed by atoms with E-state index >= 15 is 0 Å². The zero-order valence-electron chi connectivity index (χ0n) is 35.1. The third kappa shape index (κ3) is 5.92. The molecule has 63 heavy (non-hydrogen) atoms. The van der Waals surface area contributed by atoms with Gasteiger partial charge in [-0.05, 0) is 73.4 Å². The van der Waals surface area contributed by atoms with E-state index in [-0.39, 0.29) is 0 Å². The number of benzene rings is 10. The summed E-state index contributed by atoms with van der Waals surface area (Å²) in [7, 11) is -9.79. The Kier molecular flexibility index (Phi) is 10.0. The average Bonchev–Trinajstić information content (AvgIpc) is 3.38. The first-order valence-corrected chi connectivity index (χ1v) is 28.0. The number of hydrogen-bond donors (Lipinski definition) is 0. The lowest BCUT2D eigenvalue weighted by Crippen LogP contribution is -2.88. The van der Waals surface area contributed by atoms with E-state index in [2.05, 4.69) is 279 Å². The van der Waals surface area contributed by atoms with Crippen LogP contribution in [0.25, 0.3) is 11.1 Å². The van der Waals surface area contributed by atoms with Crippen molar-refractivity contribution in [3.8, 4) is 11.1 Å². The first-order valence-electron chi connectivity index (χ1n) is 22.0. The highest BCUT2D eigenvalue weighted by Gasteiger charge is 2.55. The van der Waals surface area contributed by atoms with E-state index in [1.165, 1.54) is 73.4 Å². The molecule has 10 aromatic rings. The van der Waals surface area contributed by atoms with Crippen molar-refractivity contribution in [3.63, 3.8) is 0 Å². The monoisotopic (exact) mass is 850 g/mol. The van der Waals surface area contributed by atoms with E-state index < -0.39 is 24.2 Å². The Labute approximate surface area is 374 Å². The zero-order chi connectivity index (χ0) is 42.1. The molecule has 1 aliphatic rings. The summed E-state index contributed by atoms with van der Waals surface area (Å²) in [5.41, 5.74) is 2.61. The Morgan fingerprint density at radius 1 is 0.143 bits per heavy atom. The summed E-state index contributed by atoms with van der Waals surface area (Å²) in [6.07, 6.45) is 0. The van der Waals surface area contributed by atoms with Gasteiger partial charge < -0.3 is 0 Å². The van der Waals surface area contributed by atoms with Crippen LogP contribution in [-0.2, 0) is 0 Å². The molecular weight excluding hydrogens is 805 g/mol. The van der Waals surface area contributed by atoms with Gasteiger partial charge in [-0.3, -0.25) is 0 Å². The van der Waals surface area contributed by atoms with Crippen molar-refractivity contribution in [1.29, 1.82) is 0 Å². The molecule has 0 saturated carbocycles. The Hall–Kier alpha value is -7.15. The number of fused-ring (bicyclic) bond motifs is 5. The standard InChI is InChI=1S/C60H46Si3/c1-7-27-47(28-8-1)61(48-29-9-2-10-30-48)55-41-21-19-39-53(55)54-40-20-22-42-56(54)62(49-31-11-3-12-32-49,50-33-13-4-14-34-50)58-44-24-26-46-60(58)63(51-35-15-5-16-36-51,52-37-17-6-18-38-52)59-45-25-23-43-57(59)61/h1-46H. The van der Waals surface area contributed by atoms with E-state index in [1.807, 2.05) is 0 Å². The Morgan fingerprint density at radius 3 is 0.524 bits per heavy atom. The van der Waals surface area contributed by atoms with Crippen LogP contribution in [-0.4, -0.2) is 24.2 Å². The fraction of sp³-hybridized carbons (Fsp3) is 0. The van der Waals surface area contributed by atoms with Gasteiger partial charge in [-0.15, -0.1) is 0 Å². The number of rotatable bonds is 6. The minimum atomic E-state index is -3.32. The van der Waals surface area contributed by atoms with Crippen LogP contribution in [0.4, 0.5) is 0 Å². The quantitative estimate of drug-likeness (QED) is 0.186. The van der Waals surface area contributed by atoms with Crippen molar-refractivity contribution < 1.29 is 0 Å². The van der Waals surface area contributed by atoms with Gasteiger partial charge in [0.1, 0.15) is 0 Å². The van der Waals surface area contributed by atoms with Gasteiger partial charge in [-0.2, -0.15) is 0 Å². The molecule has 1 aliphatic heterocycles. The Balaban J connectivity index is 1.50. The van der Waals surface area contributed by atoms with Gasteiger partial charge >= 0.3 is 0 Å². The van der Waals surface area contributed by atoms with Crippen molar-refractivity contribution >= 4 is 86.5 Å². The van der Waals surface area contributed by atoms with E-state index in [4.69, 9.17) is 0 Å². The molecule has 0 spiro atoms. The minimum absolute atomic E-state index is 1.30. The zero-order valence-corrected chi connectivity index (χ0v) is 38.1. The SMILES string of the molecule is c1ccc([Si]2(c3ccccc3)c3ccccc3-c3ccccc3[Si](c3ccccc3)(c3ccccc3)c3ccccc3[Si](c3ccccc3)(c3ccccc3)c3ccccc32)cc1. The van der Waals surface area contributed by atoms with E-state index in [0.29, 0.717) is 0 Å². The van der Waals surface area contributed by atoms with Crippen LogP contribution in [0.1, 0.15) is 0 Å². The fourth-order valence-electron chi connectivity index (χ4n) is 11.3. The second-order valence-electron chi connectivity index (χ2n) is 16.6. The van der Waals surface area contributed by atoms with E-state index in [0.717, 1.165) is 0 Å². The van der Waals surface area contributed by atoms with E-state index in [9.17, 15) is 0 Å². The smallest absolute Gasteiger partial charge is 0.0624 e. The molecule has 0 atom stereocenters. The maximum Gasteiger partial charge on any atom is 0.180 e. The topological polar surface area (TPSA) is 0 Å². The molecule has 0 radical (unpaired) electrons. The third-order valence-electron chi connectivity index (χ3n) is 13.7. The summed E-state index contributed by atoms with van der Waals surface area (Å²) in [5.74, 6) is 0. The molecule has 0 saturated heterocycles. The molecule has 11 rings (SSSR count). The van der Waals surface area contributed by atoms with Crippen molar-refractivity contribution in [3.05, 3.63) is 279 Å². The third-order valence-corrected chi connectivity index (χ3v) is 28.8. The Morgan fingerprint density at radius 2 is 0.302 bits per heavy atom. The van der Waals surface area contributed by atoms with E-state index in [1.54, 1.807) is 0 Å². The van der Waals surface area contributed by atoms with Crippen LogP contribution in [0.15, 0.2) is 279 Å². The highest BCUT2D eigenvalue weighted by atomic mass is 28.3. The summed E-state index contributed by atoms with van der Waals surface area (Å²) in [6.45, 7) is 0. The summed E-state index contributed by atoms with van der Waals surface area (Å²) < 4.78 is 0. The summed E-state index contributed by atoms with van der Waals surface area (Å²) in [6, 6.07) is 108. The van der Waals surface area contributed by atoms with Crippen LogP contribution in [0.5, 0.6) is 0 Å². The van der Waals surface area contributed by atoms with Crippen LogP contribution in [0.3, 0.4) is 0 Å². The normalized spacial score (nSPS) is 14.4. The van der Waals surface area contributed by atoms with Gasteiger partial charge in [0.15, 0.2) is 24.2 Å². The van der Waals surface area contributed by atoms with Crippen molar-refractivity contribution in [1.82, 2.24) is 0 Å². The summed E-state index contributed by atoms with van der Waals surface area (Å²) in [5, 5.41) is 16.8. The van der Waals surface area contributed by atoms with Gasteiger partial charge in [0, 0.05) is 0 Å². The molecule has 0 fully saturated rings. The summed E-state index contributed by atoms with van der Waals surface area (Å²) >= 11 is 0. The second-order valence-corrected chi connectivity index (χ2v) is 27.8. The van der Waals surface area contributed by atoms with Gasteiger partial charge in [-0.25, -0.2) is 0 Å². The highest BCUT2D eigenvalue weighted by molar-refractivity contribution is 7.30. The van der Waals surface area contributed by atoms with Crippen molar-refractivity contribution in [2.45, 2.75) is 0 Å². The van der Waals surface area contributed by atoms with Gasteiger partial charge in [0.05, 0.1) is 0 Å². The Bertz CT molecular complexity index is 2860. The molecular formula is C60H46Si3. The largest absolute Gasteiger partial charge is 0.180 e. The lowest BCUT2D eigenvalue weighted by Gasteiger charge is -2.44. The lowest BCUT2D eigenvalue weighted by molar-refractivity contribution is 1.63. The molecule has 0 aliphatic carbocycles. The molecule has 0 amide bonds. The molecule has 10 aromatic carbocycles.